The van der Waals surface area contributed by atoms with Gasteiger partial charge in [-0.3, -0.25) is 9.52 Å². The number of nitrogens with one attached hydrogen (secondary N) is 2. The molecule has 4 rings (SSSR count). The molecule has 1 amide bonds. The lowest BCUT2D eigenvalue weighted by molar-refractivity contribution is 0.102. The van der Waals surface area contributed by atoms with Crippen LogP contribution in [0.3, 0.4) is 0 Å². The second-order valence-corrected chi connectivity index (χ2v) is 9.29. The number of benzene rings is 4. The molecule has 0 heterocycles. The molecule has 0 fully saturated rings. The molecular weight excluding hydrogens is 448 g/mol. The van der Waals surface area contributed by atoms with Gasteiger partial charge in [0.15, 0.2) is 0 Å². The lowest BCUT2D eigenvalue weighted by atomic mass is 10.0. The highest BCUT2D eigenvalue weighted by molar-refractivity contribution is 7.92. The maximum Gasteiger partial charge on any atom is 0.262 e. The van der Waals surface area contributed by atoms with E-state index in [1.54, 1.807) is 36.4 Å². The van der Waals surface area contributed by atoms with Gasteiger partial charge in [-0.2, -0.15) is 0 Å². The van der Waals surface area contributed by atoms with Crippen molar-refractivity contribution < 1.29 is 17.9 Å². The summed E-state index contributed by atoms with van der Waals surface area (Å²) >= 11 is 0. The van der Waals surface area contributed by atoms with Crippen molar-refractivity contribution in [2.75, 3.05) is 17.1 Å². The van der Waals surface area contributed by atoms with Crippen LogP contribution in [0.15, 0.2) is 108 Å². The van der Waals surface area contributed by atoms with E-state index in [2.05, 4.69) is 10.0 Å². The number of para-hydroxylation sites is 3. The number of amides is 1. The fourth-order valence-electron chi connectivity index (χ4n) is 3.54. The van der Waals surface area contributed by atoms with Crippen molar-refractivity contribution in [3.05, 3.63) is 120 Å². The first-order chi connectivity index (χ1) is 16.5. The highest BCUT2D eigenvalue weighted by Gasteiger charge is 2.19. The van der Waals surface area contributed by atoms with Crippen molar-refractivity contribution in [3.63, 3.8) is 0 Å². The second-order valence-electron chi connectivity index (χ2n) is 7.61. The standard InChI is InChI=1S/C27H24N2O4S/c1-33-26-17-8-7-16-25(26)29-34(31,32)23-14-9-13-22(19-23)27(30)28-24-15-6-5-12-21(24)18-20-10-3-2-4-11-20/h2-17,19,29H,18H2,1H3,(H,28,30). The molecule has 0 spiro atoms. The average molecular weight is 473 g/mol. The number of carbonyl (C=O) groups excluding carboxylic acids is 1. The van der Waals surface area contributed by atoms with Crippen molar-refractivity contribution in [2.45, 2.75) is 11.3 Å². The first-order valence-electron chi connectivity index (χ1n) is 10.7. The minimum absolute atomic E-state index is 0.0244. The zero-order valence-corrected chi connectivity index (χ0v) is 19.4. The summed E-state index contributed by atoms with van der Waals surface area (Å²) in [6, 6.07) is 30.2. The number of anilines is 2. The summed E-state index contributed by atoms with van der Waals surface area (Å²) < 4.78 is 33.7. The molecule has 0 bridgehead atoms. The molecule has 2 N–H and O–H groups in total. The van der Waals surface area contributed by atoms with Crippen LogP contribution in [0.4, 0.5) is 11.4 Å². The number of hydrogen-bond acceptors (Lipinski definition) is 4. The topological polar surface area (TPSA) is 84.5 Å². The van der Waals surface area contributed by atoms with Gasteiger partial charge in [-0.15, -0.1) is 0 Å². The number of ether oxygens (including phenoxy) is 1. The Morgan fingerprint density at radius 3 is 2.24 bits per heavy atom. The Balaban J connectivity index is 1.55. The smallest absolute Gasteiger partial charge is 0.262 e. The maximum absolute atomic E-state index is 13.0. The quantitative estimate of drug-likeness (QED) is 0.363. The lowest BCUT2D eigenvalue weighted by Crippen LogP contribution is -2.16. The van der Waals surface area contributed by atoms with Gasteiger partial charge >= 0.3 is 0 Å². The fourth-order valence-corrected chi connectivity index (χ4v) is 4.66. The minimum atomic E-state index is -3.93. The molecule has 172 valence electrons. The van der Waals surface area contributed by atoms with Crippen LogP contribution in [0.1, 0.15) is 21.5 Å². The summed E-state index contributed by atoms with van der Waals surface area (Å²) in [5.74, 6) is 0.00449. The summed E-state index contributed by atoms with van der Waals surface area (Å²) in [7, 11) is -2.47. The summed E-state index contributed by atoms with van der Waals surface area (Å²) in [6.45, 7) is 0. The van der Waals surface area contributed by atoms with Gasteiger partial charge in [-0.1, -0.05) is 66.7 Å². The van der Waals surface area contributed by atoms with Gasteiger partial charge in [0.1, 0.15) is 5.75 Å². The van der Waals surface area contributed by atoms with Crippen molar-refractivity contribution in [1.29, 1.82) is 0 Å². The molecule has 4 aromatic carbocycles. The number of hydrogen-bond donors (Lipinski definition) is 2. The summed E-state index contributed by atoms with van der Waals surface area (Å²) in [5, 5.41) is 2.92. The third-order valence-electron chi connectivity index (χ3n) is 5.26. The lowest BCUT2D eigenvalue weighted by Gasteiger charge is -2.13. The molecule has 7 heteroatoms. The van der Waals surface area contributed by atoms with Gasteiger partial charge in [-0.25, -0.2) is 8.42 Å². The van der Waals surface area contributed by atoms with E-state index >= 15 is 0 Å². The van der Waals surface area contributed by atoms with Gasteiger partial charge in [0.25, 0.3) is 15.9 Å². The molecule has 0 aromatic heterocycles. The molecule has 0 aliphatic heterocycles. The highest BCUT2D eigenvalue weighted by atomic mass is 32.2. The number of carbonyl (C=O) groups is 1. The largest absolute Gasteiger partial charge is 0.495 e. The predicted molar refractivity (Wildman–Crippen MR) is 134 cm³/mol. The first-order valence-corrected chi connectivity index (χ1v) is 12.1. The Bertz CT molecular complexity index is 1400. The molecule has 0 aliphatic rings. The minimum Gasteiger partial charge on any atom is -0.495 e. The van der Waals surface area contributed by atoms with E-state index in [1.807, 2.05) is 54.6 Å². The Morgan fingerprint density at radius 2 is 1.47 bits per heavy atom. The molecule has 4 aromatic rings. The van der Waals surface area contributed by atoms with Crippen LogP contribution in [-0.2, 0) is 16.4 Å². The zero-order chi connectivity index (χ0) is 24.0. The van der Waals surface area contributed by atoms with E-state index < -0.39 is 15.9 Å². The predicted octanol–water partition coefficient (Wildman–Crippen LogP) is 5.34. The molecular formula is C27H24N2O4S. The van der Waals surface area contributed by atoms with Gasteiger partial charge in [0.05, 0.1) is 17.7 Å². The number of methoxy groups -OCH3 is 1. The molecule has 0 aliphatic carbocycles. The second kappa shape index (κ2) is 10.2. The maximum atomic E-state index is 13.0. The summed E-state index contributed by atoms with van der Waals surface area (Å²) in [4.78, 5) is 13.0. The number of sulfonamides is 1. The Morgan fingerprint density at radius 1 is 0.794 bits per heavy atom. The third-order valence-corrected chi connectivity index (χ3v) is 6.62. The number of rotatable bonds is 8. The Kier molecular flexibility index (Phi) is 6.94. The molecule has 6 nitrogen and oxygen atoms in total. The molecule has 0 atom stereocenters. The van der Waals surface area contributed by atoms with Gasteiger partial charge < -0.3 is 10.1 Å². The Hall–Kier alpha value is -4.10. The van der Waals surface area contributed by atoms with Gasteiger partial charge in [0, 0.05) is 11.3 Å². The molecule has 0 saturated carbocycles. The van der Waals surface area contributed by atoms with Gasteiger partial charge in [-0.05, 0) is 53.9 Å². The van der Waals surface area contributed by atoms with Crippen molar-refractivity contribution in [3.8, 4) is 5.75 Å². The van der Waals surface area contributed by atoms with Crippen LogP contribution in [0.25, 0.3) is 0 Å². The zero-order valence-electron chi connectivity index (χ0n) is 18.6. The van der Waals surface area contributed by atoms with Crippen LogP contribution >= 0.6 is 0 Å². The molecule has 0 radical (unpaired) electrons. The SMILES string of the molecule is COc1ccccc1NS(=O)(=O)c1cccc(C(=O)Nc2ccccc2Cc2ccccc2)c1. The summed E-state index contributed by atoms with van der Waals surface area (Å²) in [6.07, 6.45) is 0.661. The fraction of sp³-hybridized carbons (Fsp3) is 0.0741. The molecule has 34 heavy (non-hydrogen) atoms. The van der Waals surface area contributed by atoms with Crippen LogP contribution in [0.2, 0.25) is 0 Å². The van der Waals surface area contributed by atoms with E-state index in [9.17, 15) is 13.2 Å². The van der Waals surface area contributed by atoms with E-state index in [-0.39, 0.29) is 10.5 Å². The van der Waals surface area contributed by atoms with Crippen molar-refractivity contribution >= 4 is 27.3 Å². The molecule has 0 unspecified atom stereocenters. The monoisotopic (exact) mass is 472 g/mol. The van der Waals surface area contributed by atoms with Crippen molar-refractivity contribution in [2.24, 2.45) is 0 Å². The van der Waals surface area contributed by atoms with Crippen molar-refractivity contribution in [1.82, 2.24) is 0 Å². The van der Waals surface area contributed by atoms with E-state index in [4.69, 9.17) is 4.74 Å². The van der Waals surface area contributed by atoms with E-state index in [0.29, 0.717) is 23.5 Å². The van der Waals surface area contributed by atoms with E-state index in [0.717, 1.165) is 11.1 Å². The summed E-state index contributed by atoms with van der Waals surface area (Å²) in [5.41, 5.74) is 3.31. The highest BCUT2D eigenvalue weighted by Crippen LogP contribution is 2.26. The van der Waals surface area contributed by atoms with Crippen LogP contribution in [-0.4, -0.2) is 21.4 Å². The third kappa shape index (κ3) is 5.44. The van der Waals surface area contributed by atoms with Crippen LogP contribution in [0.5, 0.6) is 5.75 Å². The van der Waals surface area contributed by atoms with E-state index in [1.165, 1.54) is 19.2 Å². The Labute approximate surface area is 199 Å². The normalized spacial score (nSPS) is 11.0. The van der Waals surface area contributed by atoms with Crippen LogP contribution in [0, 0.1) is 0 Å². The van der Waals surface area contributed by atoms with Crippen LogP contribution < -0.4 is 14.8 Å². The van der Waals surface area contributed by atoms with Gasteiger partial charge in [0.2, 0.25) is 0 Å². The first kappa shape index (κ1) is 23.1. The average Bonchev–Trinajstić information content (AvgIpc) is 2.86. The molecule has 0 saturated heterocycles.